The summed E-state index contributed by atoms with van der Waals surface area (Å²) in [6.45, 7) is 1.10. The lowest BCUT2D eigenvalue weighted by atomic mass is 10.0. The number of hydrogen-bond donors (Lipinski definition) is 1. The van der Waals surface area contributed by atoms with Crippen LogP contribution in [-0.4, -0.2) is 20.8 Å². The molecule has 2 unspecified atom stereocenters. The van der Waals surface area contributed by atoms with Gasteiger partial charge >= 0.3 is 0 Å². The van der Waals surface area contributed by atoms with Crippen LogP contribution in [0, 0.1) is 0 Å². The lowest BCUT2D eigenvalue weighted by Gasteiger charge is -2.16. The van der Waals surface area contributed by atoms with Crippen LogP contribution >= 0.6 is 0 Å². The van der Waals surface area contributed by atoms with Crippen LogP contribution in [0.4, 0.5) is 0 Å². The summed E-state index contributed by atoms with van der Waals surface area (Å²) >= 11 is 0. The molecule has 1 fully saturated rings. The number of aryl methyl sites for hydroxylation is 1. The second-order valence-electron chi connectivity index (χ2n) is 5.14. The first-order valence-corrected chi connectivity index (χ1v) is 6.54. The van der Waals surface area contributed by atoms with Crippen molar-refractivity contribution in [1.29, 1.82) is 0 Å². The number of nitrogens with zero attached hydrogens (tertiary/aromatic N) is 3. The highest BCUT2D eigenvalue weighted by Crippen LogP contribution is 2.33. The standard InChI is InChI=1S/C12H20N4/c13-10-6-4-5-9(10)12-15-14-11-7-2-1-3-8-16(11)12/h9-10H,1-8,13H2. The maximum absolute atomic E-state index is 6.16. The van der Waals surface area contributed by atoms with E-state index in [4.69, 9.17) is 5.73 Å². The molecule has 0 saturated heterocycles. The van der Waals surface area contributed by atoms with Crippen LogP contribution in [-0.2, 0) is 13.0 Å². The summed E-state index contributed by atoms with van der Waals surface area (Å²) in [4.78, 5) is 0. The van der Waals surface area contributed by atoms with Gasteiger partial charge in [0, 0.05) is 24.9 Å². The highest BCUT2D eigenvalue weighted by atomic mass is 15.3. The number of hydrogen-bond acceptors (Lipinski definition) is 3. The third kappa shape index (κ3) is 1.65. The van der Waals surface area contributed by atoms with Gasteiger partial charge in [0.1, 0.15) is 11.6 Å². The second-order valence-corrected chi connectivity index (χ2v) is 5.14. The minimum atomic E-state index is 0.302. The lowest BCUT2D eigenvalue weighted by Crippen LogP contribution is -2.25. The maximum Gasteiger partial charge on any atom is 0.137 e. The average Bonchev–Trinajstić information content (AvgIpc) is 2.78. The summed E-state index contributed by atoms with van der Waals surface area (Å²) in [6, 6.07) is 0.302. The van der Waals surface area contributed by atoms with E-state index in [0.29, 0.717) is 12.0 Å². The van der Waals surface area contributed by atoms with E-state index in [-0.39, 0.29) is 0 Å². The van der Waals surface area contributed by atoms with Gasteiger partial charge in [-0.15, -0.1) is 10.2 Å². The Morgan fingerprint density at radius 2 is 2.00 bits per heavy atom. The number of rotatable bonds is 1. The molecule has 2 N–H and O–H groups in total. The first-order valence-electron chi connectivity index (χ1n) is 6.54. The number of nitrogens with two attached hydrogens (primary N) is 1. The quantitative estimate of drug-likeness (QED) is 0.782. The normalized spacial score (nSPS) is 30.1. The topological polar surface area (TPSA) is 56.7 Å². The van der Waals surface area contributed by atoms with Crippen molar-refractivity contribution in [3.05, 3.63) is 11.6 Å². The predicted molar refractivity (Wildman–Crippen MR) is 62.1 cm³/mol. The SMILES string of the molecule is NC1CCCC1c1nnc2n1CCCCC2. The molecule has 0 amide bonds. The molecule has 0 bridgehead atoms. The van der Waals surface area contributed by atoms with E-state index in [9.17, 15) is 0 Å². The fourth-order valence-electron chi connectivity index (χ4n) is 3.09. The molecule has 1 aromatic rings. The minimum absolute atomic E-state index is 0.302. The molecule has 2 heterocycles. The first kappa shape index (κ1) is 10.3. The van der Waals surface area contributed by atoms with E-state index in [1.165, 1.54) is 43.8 Å². The Morgan fingerprint density at radius 3 is 2.81 bits per heavy atom. The van der Waals surface area contributed by atoms with Crippen LogP contribution < -0.4 is 5.73 Å². The molecule has 0 spiro atoms. The molecule has 0 radical (unpaired) electrons. The van der Waals surface area contributed by atoms with Gasteiger partial charge < -0.3 is 10.3 Å². The molecule has 4 nitrogen and oxygen atoms in total. The highest BCUT2D eigenvalue weighted by Gasteiger charge is 2.30. The van der Waals surface area contributed by atoms with Crippen LogP contribution in [0.25, 0.3) is 0 Å². The van der Waals surface area contributed by atoms with Gasteiger partial charge in [-0.3, -0.25) is 0 Å². The molecule has 1 aromatic heterocycles. The third-order valence-corrected chi connectivity index (χ3v) is 4.04. The van der Waals surface area contributed by atoms with Crippen molar-refractivity contribution in [2.24, 2.45) is 5.73 Å². The van der Waals surface area contributed by atoms with Crippen molar-refractivity contribution in [2.45, 2.75) is 63.5 Å². The van der Waals surface area contributed by atoms with E-state index in [1.54, 1.807) is 0 Å². The summed E-state index contributed by atoms with van der Waals surface area (Å²) in [5.41, 5.74) is 6.16. The van der Waals surface area contributed by atoms with E-state index in [0.717, 1.165) is 19.4 Å². The van der Waals surface area contributed by atoms with Crippen molar-refractivity contribution >= 4 is 0 Å². The van der Waals surface area contributed by atoms with Crippen LogP contribution in [0.3, 0.4) is 0 Å². The Labute approximate surface area is 96.2 Å². The number of fused-ring (bicyclic) bond motifs is 1. The largest absolute Gasteiger partial charge is 0.327 e. The zero-order valence-electron chi connectivity index (χ0n) is 9.73. The summed E-state index contributed by atoms with van der Waals surface area (Å²) < 4.78 is 2.35. The van der Waals surface area contributed by atoms with Gasteiger partial charge in [-0.05, 0) is 25.7 Å². The first-order chi connectivity index (χ1) is 7.86. The van der Waals surface area contributed by atoms with E-state index in [1.807, 2.05) is 0 Å². The van der Waals surface area contributed by atoms with Crippen LogP contribution in [0.1, 0.15) is 56.1 Å². The van der Waals surface area contributed by atoms with E-state index < -0.39 is 0 Å². The van der Waals surface area contributed by atoms with Crippen LogP contribution in [0.2, 0.25) is 0 Å². The van der Waals surface area contributed by atoms with Gasteiger partial charge in [0.25, 0.3) is 0 Å². The van der Waals surface area contributed by atoms with Crippen molar-refractivity contribution < 1.29 is 0 Å². The fraction of sp³-hybridized carbons (Fsp3) is 0.833. The Morgan fingerprint density at radius 1 is 1.06 bits per heavy atom. The molecule has 2 aliphatic rings. The van der Waals surface area contributed by atoms with E-state index >= 15 is 0 Å². The molecule has 1 aliphatic heterocycles. The minimum Gasteiger partial charge on any atom is -0.327 e. The molecule has 88 valence electrons. The van der Waals surface area contributed by atoms with Crippen molar-refractivity contribution in [1.82, 2.24) is 14.8 Å². The second kappa shape index (κ2) is 4.17. The molecule has 4 heteroatoms. The third-order valence-electron chi connectivity index (χ3n) is 4.04. The fourth-order valence-corrected chi connectivity index (χ4v) is 3.09. The molecular formula is C12H20N4. The predicted octanol–water partition coefficient (Wildman–Crippen LogP) is 1.60. The van der Waals surface area contributed by atoms with E-state index in [2.05, 4.69) is 14.8 Å². The summed E-state index contributed by atoms with van der Waals surface area (Å²) in [5, 5.41) is 8.76. The summed E-state index contributed by atoms with van der Waals surface area (Å²) in [7, 11) is 0. The van der Waals surface area contributed by atoms with Gasteiger partial charge in [0.2, 0.25) is 0 Å². The molecule has 16 heavy (non-hydrogen) atoms. The molecule has 3 rings (SSSR count). The van der Waals surface area contributed by atoms with Crippen molar-refractivity contribution in [3.8, 4) is 0 Å². The van der Waals surface area contributed by atoms with Gasteiger partial charge in [-0.2, -0.15) is 0 Å². The van der Waals surface area contributed by atoms with Crippen LogP contribution in [0.5, 0.6) is 0 Å². The molecule has 1 saturated carbocycles. The summed E-state index contributed by atoms with van der Waals surface area (Å²) in [5.74, 6) is 2.81. The Balaban J connectivity index is 1.92. The van der Waals surface area contributed by atoms with Gasteiger partial charge in [0.15, 0.2) is 0 Å². The van der Waals surface area contributed by atoms with Crippen molar-refractivity contribution in [2.75, 3.05) is 0 Å². The van der Waals surface area contributed by atoms with Gasteiger partial charge in [-0.1, -0.05) is 12.8 Å². The van der Waals surface area contributed by atoms with Crippen molar-refractivity contribution in [3.63, 3.8) is 0 Å². The summed E-state index contributed by atoms with van der Waals surface area (Å²) in [6.07, 6.45) is 8.52. The number of aromatic nitrogens is 3. The molecule has 1 aliphatic carbocycles. The Kier molecular flexibility index (Phi) is 2.67. The molecule has 2 atom stereocenters. The smallest absolute Gasteiger partial charge is 0.137 e. The maximum atomic E-state index is 6.16. The highest BCUT2D eigenvalue weighted by molar-refractivity contribution is 5.08. The Hall–Kier alpha value is -0.900. The molecule has 0 aromatic carbocycles. The monoisotopic (exact) mass is 220 g/mol. The zero-order chi connectivity index (χ0) is 11.0. The average molecular weight is 220 g/mol. The lowest BCUT2D eigenvalue weighted by molar-refractivity contribution is 0.524. The Bertz CT molecular complexity index is 371. The zero-order valence-corrected chi connectivity index (χ0v) is 9.73. The van der Waals surface area contributed by atoms with Crippen LogP contribution in [0.15, 0.2) is 0 Å². The van der Waals surface area contributed by atoms with Gasteiger partial charge in [0.05, 0.1) is 0 Å². The van der Waals surface area contributed by atoms with Gasteiger partial charge in [-0.25, -0.2) is 0 Å². The molecular weight excluding hydrogens is 200 g/mol.